The molecule has 5 nitrogen and oxygen atoms in total. The van der Waals surface area contributed by atoms with Crippen molar-refractivity contribution in [3.05, 3.63) is 28.2 Å². The maximum Gasteiger partial charge on any atom is 0.254 e. The number of thiophene rings is 1. The topological polar surface area (TPSA) is 67.4 Å². The minimum Gasteiger partial charge on any atom is -0.376 e. The molecule has 0 radical (unpaired) electrons. The molecule has 3 aliphatic rings. The lowest BCUT2D eigenvalue weighted by molar-refractivity contribution is -0.120. The van der Waals surface area contributed by atoms with Gasteiger partial charge in [-0.15, -0.1) is 11.3 Å². The highest BCUT2D eigenvalue weighted by Crippen LogP contribution is 2.38. The lowest BCUT2D eigenvalue weighted by atomic mass is 9.93. The van der Waals surface area contributed by atoms with Gasteiger partial charge in [0.2, 0.25) is 5.91 Å². The average molecular weight is 389 g/mol. The van der Waals surface area contributed by atoms with E-state index in [1.165, 1.54) is 4.88 Å². The average Bonchev–Trinajstić information content (AvgIpc) is 3.34. The van der Waals surface area contributed by atoms with Gasteiger partial charge in [0.1, 0.15) is 5.00 Å². The van der Waals surface area contributed by atoms with E-state index in [4.69, 9.17) is 4.74 Å². The van der Waals surface area contributed by atoms with Crippen LogP contribution in [0, 0.1) is 5.92 Å². The third kappa shape index (κ3) is 4.27. The number of carbonyl (C=O) groups excluding carboxylic acids is 2. The van der Waals surface area contributed by atoms with Gasteiger partial charge in [-0.3, -0.25) is 9.59 Å². The molecular weight excluding hydrogens is 360 g/mol. The molecule has 0 saturated carbocycles. The van der Waals surface area contributed by atoms with Gasteiger partial charge < -0.3 is 15.4 Å². The Balaban J connectivity index is 1.51. The van der Waals surface area contributed by atoms with Gasteiger partial charge in [-0.05, 0) is 63.4 Å². The lowest BCUT2D eigenvalue weighted by Crippen LogP contribution is -2.33. The van der Waals surface area contributed by atoms with Gasteiger partial charge in [-0.25, -0.2) is 0 Å². The summed E-state index contributed by atoms with van der Waals surface area (Å²) in [7, 11) is 0. The van der Waals surface area contributed by atoms with Crippen molar-refractivity contribution in [3.8, 4) is 0 Å². The molecule has 1 aromatic rings. The molecule has 0 bridgehead atoms. The minimum atomic E-state index is -0.0660. The zero-order valence-electron chi connectivity index (χ0n) is 15.7. The van der Waals surface area contributed by atoms with Crippen molar-refractivity contribution in [1.82, 2.24) is 5.32 Å². The third-order valence-electron chi connectivity index (χ3n) is 5.79. The molecule has 0 spiro atoms. The van der Waals surface area contributed by atoms with E-state index in [9.17, 15) is 9.59 Å². The first-order valence-electron chi connectivity index (χ1n) is 10.2. The molecule has 27 heavy (non-hydrogen) atoms. The zero-order valence-corrected chi connectivity index (χ0v) is 16.5. The normalized spacial score (nSPS) is 24.4. The molecule has 0 aromatic carbocycles. The number of hydrogen-bond acceptors (Lipinski definition) is 4. The van der Waals surface area contributed by atoms with Crippen LogP contribution in [-0.2, 0) is 22.4 Å². The summed E-state index contributed by atoms with van der Waals surface area (Å²) >= 11 is 1.60. The van der Waals surface area contributed by atoms with Crippen molar-refractivity contribution in [3.63, 3.8) is 0 Å². The summed E-state index contributed by atoms with van der Waals surface area (Å²) in [6.07, 6.45) is 13.2. The second-order valence-corrected chi connectivity index (χ2v) is 8.84. The monoisotopic (exact) mass is 388 g/mol. The van der Waals surface area contributed by atoms with Crippen molar-refractivity contribution in [2.45, 2.75) is 63.9 Å². The van der Waals surface area contributed by atoms with Gasteiger partial charge in [-0.1, -0.05) is 12.2 Å². The number of amides is 2. The molecule has 1 aromatic heterocycles. The molecule has 2 unspecified atom stereocenters. The second-order valence-electron chi connectivity index (χ2n) is 7.73. The van der Waals surface area contributed by atoms with Gasteiger partial charge in [0, 0.05) is 23.9 Å². The molecule has 2 N–H and O–H groups in total. The number of anilines is 1. The molecule has 2 atom stereocenters. The van der Waals surface area contributed by atoms with E-state index in [1.54, 1.807) is 11.3 Å². The first kappa shape index (κ1) is 18.7. The van der Waals surface area contributed by atoms with Gasteiger partial charge in [0.25, 0.3) is 5.91 Å². The predicted octanol–water partition coefficient (Wildman–Crippen LogP) is 3.83. The fourth-order valence-corrected chi connectivity index (χ4v) is 5.53. The largest absolute Gasteiger partial charge is 0.376 e. The Labute approximate surface area is 164 Å². The highest BCUT2D eigenvalue weighted by Gasteiger charge is 2.28. The minimum absolute atomic E-state index is 0.0110. The summed E-state index contributed by atoms with van der Waals surface area (Å²) in [5, 5.41) is 6.89. The number of allylic oxidation sites excluding steroid dienone is 2. The number of carbonyl (C=O) groups is 2. The Morgan fingerprint density at radius 1 is 1.15 bits per heavy atom. The number of hydrogen-bond donors (Lipinski definition) is 2. The molecule has 1 aliphatic heterocycles. The van der Waals surface area contributed by atoms with E-state index >= 15 is 0 Å². The Kier molecular flexibility index (Phi) is 5.93. The van der Waals surface area contributed by atoms with E-state index in [-0.39, 0.29) is 23.8 Å². The van der Waals surface area contributed by atoms with Crippen molar-refractivity contribution < 1.29 is 14.3 Å². The van der Waals surface area contributed by atoms with Gasteiger partial charge in [0.15, 0.2) is 0 Å². The van der Waals surface area contributed by atoms with E-state index in [0.29, 0.717) is 12.1 Å². The fraction of sp³-hybridized carbons (Fsp3) is 0.619. The van der Waals surface area contributed by atoms with Gasteiger partial charge in [-0.2, -0.15) is 0 Å². The van der Waals surface area contributed by atoms with Crippen LogP contribution >= 0.6 is 11.3 Å². The van der Waals surface area contributed by atoms with Crippen LogP contribution in [0.4, 0.5) is 5.00 Å². The maximum absolute atomic E-state index is 13.0. The Morgan fingerprint density at radius 3 is 2.81 bits per heavy atom. The zero-order chi connectivity index (χ0) is 18.6. The molecule has 6 heteroatoms. The molecule has 1 saturated heterocycles. The highest BCUT2D eigenvalue weighted by molar-refractivity contribution is 7.17. The van der Waals surface area contributed by atoms with E-state index in [1.807, 2.05) is 0 Å². The third-order valence-corrected chi connectivity index (χ3v) is 7.00. The van der Waals surface area contributed by atoms with Crippen molar-refractivity contribution in [1.29, 1.82) is 0 Å². The Bertz CT molecular complexity index is 734. The van der Waals surface area contributed by atoms with E-state index in [0.717, 1.165) is 75.0 Å². The summed E-state index contributed by atoms with van der Waals surface area (Å²) in [5.41, 5.74) is 1.85. The first-order valence-corrected chi connectivity index (χ1v) is 11.0. The molecule has 1 fully saturated rings. The predicted molar refractivity (Wildman–Crippen MR) is 107 cm³/mol. The molecule has 146 valence electrons. The van der Waals surface area contributed by atoms with Crippen LogP contribution in [-0.4, -0.2) is 31.1 Å². The molecule has 2 amide bonds. The number of fused-ring (bicyclic) bond motifs is 1. The summed E-state index contributed by atoms with van der Waals surface area (Å²) < 4.78 is 5.62. The first-order chi connectivity index (χ1) is 13.2. The second kappa shape index (κ2) is 8.57. The highest BCUT2D eigenvalue weighted by atomic mass is 32.1. The Hall–Kier alpha value is -1.66. The number of aryl methyl sites for hydroxylation is 1. The SMILES string of the molecule is O=C(NCC1CCCO1)c1c(NC(=O)C2CC=CCC2)sc2c1CCCC2. The number of rotatable bonds is 5. The van der Waals surface area contributed by atoms with Crippen LogP contribution in [0.25, 0.3) is 0 Å². The molecule has 2 aliphatic carbocycles. The van der Waals surface area contributed by atoms with E-state index < -0.39 is 0 Å². The maximum atomic E-state index is 13.0. The Morgan fingerprint density at radius 2 is 2.04 bits per heavy atom. The van der Waals surface area contributed by atoms with Crippen LogP contribution in [0.5, 0.6) is 0 Å². The van der Waals surface area contributed by atoms with Crippen molar-refractivity contribution in [2.75, 3.05) is 18.5 Å². The van der Waals surface area contributed by atoms with E-state index in [2.05, 4.69) is 22.8 Å². The quantitative estimate of drug-likeness (QED) is 0.754. The van der Waals surface area contributed by atoms with Crippen molar-refractivity contribution >= 4 is 28.2 Å². The van der Waals surface area contributed by atoms with Crippen LogP contribution in [0.15, 0.2) is 12.2 Å². The lowest BCUT2D eigenvalue weighted by Gasteiger charge is -2.18. The molecule has 2 heterocycles. The summed E-state index contributed by atoms with van der Waals surface area (Å²) in [5.74, 6) is -0.00760. The standard InChI is InChI=1S/C21H28N2O3S/c24-19(14-7-2-1-3-8-14)23-21-18(16-10-4-5-11-17(16)27-21)20(25)22-13-15-9-6-12-26-15/h1-2,14-15H,3-13H2,(H,22,25)(H,23,24). The number of nitrogens with one attached hydrogen (secondary N) is 2. The molecular formula is C21H28N2O3S. The van der Waals surface area contributed by atoms with Crippen LogP contribution < -0.4 is 10.6 Å². The van der Waals surface area contributed by atoms with Gasteiger partial charge in [0.05, 0.1) is 11.7 Å². The van der Waals surface area contributed by atoms with Crippen LogP contribution in [0.3, 0.4) is 0 Å². The smallest absolute Gasteiger partial charge is 0.254 e. The van der Waals surface area contributed by atoms with Crippen LogP contribution in [0.2, 0.25) is 0 Å². The van der Waals surface area contributed by atoms with Crippen molar-refractivity contribution in [2.24, 2.45) is 5.92 Å². The summed E-state index contributed by atoms with van der Waals surface area (Å²) in [4.78, 5) is 27.0. The van der Waals surface area contributed by atoms with Gasteiger partial charge >= 0.3 is 0 Å². The fourth-order valence-electron chi connectivity index (χ4n) is 4.24. The summed E-state index contributed by atoms with van der Waals surface area (Å²) in [6, 6.07) is 0. The molecule has 4 rings (SSSR count). The summed E-state index contributed by atoms with van der Waals surface area (Å²) in [6.45, 7) is 1.33. The van der Waals surface area contributed by atoms with Crippen LogP contribution in [0.1, 0.15) is 65.7 Å². The number of ether oxygens (including phenoxy) is 1.